The standard InChI is InChI=1S/C15H9N/c16-10-12-5-3-7-15-13-6-2-1-4-11(13)8-9-14(12)15/h1-9H. The smallest absolute Gasteiger partial charge is 0.0998 e. The summed E-state index contributed by atoms with van der Waals surface area (Å²) in [5.41, 5.74) is 0.739. The second-order valence-electron chi connectivity index (χ2n) is 3.80. The highest BCUT2D eigenvalue weighted by Crippen LogP contribution is 2.26. The topological polar surface area (TPSA) is 23.8 Å². The number of nitrogens with zero attached hydrogens (tertiary/aromatic N) is 1. The van der Waals surface area contributed by atoms with Gasteiger partial charge in [-0.1, -0.05) is 48.5 Å². The Balaban J connectivity index is 2.58. The van der Waals surface area contributed by atoms with E-state index in [0.29, 0.717) is 0 Å². The molecule has 0 bridgehead atoms. The molecule has 0 aliphatic rings. The van der Waals surface area contributed by atoms with Crippen molar-refractivity contribution >= 4 is 21.5 Å². The molecule has 74 valence electrons. The molecule has 0 saturated heterocycles. The van der Waals surface area contributed by atoms with E-state index in [1.165, 1.54) is 10.8 Å². The van der Waals surface area contributed by atoms with Crippen LogP contribution in [0.1, 0.15) is 5.56 Å². The first kappa shape index (κ1) is 8.94. The van der Waals surface area contributed by atoms with Gasteiger partial charge >= 0.3 is 0 Å². The molecule has 0 unspecified atom stereocenters. The fourth-order valence-electron chi connectivity index (χ4n) is 2.14. The molecule has 0 N–H and O–H groups in total. The van der Waals surface area contributed by atoms with E-state index < -0.39 is 0 Å². The summed E-state index contributed by atoms with van der Waals surface area (Å²) in [6, 6.07) is 20.4. The first-order valence-corrected chi connectivity index (χ1v) is 5.21. The monoisotopic (exact) mass is 203 g/mol. The summed E-state index contributed by atoms with van der Waals surface area (Å²) in [6.07, 6.45) is 0. The lowest BCUT2D eigenvalue weighted by atomic mass is 9.99. The molecule has 0 aromatic heterocycles. The summed E-state index contributed by atoms with van der Waals surface area (Å²) in [7, 11) is 0. The number of hydrogen-bond donors (Lipinski definition) is 0. The summed E-state index contributed by atoms with van der Waals surface area (Å²) in [4.78, 5) is 0. The van der Waals surface area contributed by atoms with Gasteiger partial charge in [0.1, 0.15) is 0 Å². The first-order chi connectivity index (χ1) is 7.90. The average molecular weight is 203 g/mol. The quantitative estimate of drug-likeness (QED) is 0.509. The zero-order valence-corrected chi connectivity index (χ0v) is 8.64. The second kappa shape index (κ2) is 3.36. The molecule has 0 fully saturated rings. The van der Waals surface area contributed by atoms with E-state index in [0.717, 1.165) is 16.3 Å². The highest BCUT2D eigenvalue weighted by Gasteiger charge is 2.02. The van der Waals surface area contributed by atoms with Crippen LogP contribution in [0.25, 0.3) is 21.5 Å². The van der Waals surface area contributed by atoms with Gasteiger partial charge in [-0.2, -0.15) is 5.26 Å². The van der Waals surface area contributed by atoms with E-state index in [1.54, 1.807) is 0 Å². The predicted octanol–water partition coefficient (Wildman–Crippen LogP) is 3.86. The van der Waals surface area contributed by atoms with E-state index in [2.05, 4.69) is 30.3 Å². The van der Waals surface area contributed by atoms with Crippen molar-refractivity contribution in [3.63, 3.8) is 0 Å². The van der Waals surface area contributed by atoms with Crippen LogP contribution in [0, 0.1) is 11.3 Å². The minimum atomic E-state index is 0.739. The molecule has 0 radical (unpaired) electrons. The number of benzene rings is 3. The summed E-state index contributed by atoms with van der Waals surface area (Å²) < 4.78 is 0. The second-order valence-corrected chi connectivity index (χ2v) is 3.80. The van der Waals surface area contributed by atoms with Gasteiger partial charge < -0.3 is 0 Å². The molecular weight excluding hydrogens is 194 g/mol. The van der Waals surface area contributed by atoms with Gasteiger partial charge in [0.25, 0.3) is 0 Å². The van der Waals surface area contributed by atoms with Gasteiger partial charge in [0.2, 0.25) is 0 Å². The van der Waals surface area contributed by atoms with Crippen molar-refractivity contribution in [1.29, 1.82) is 5.26 Å². The van der Waals surface area contributed by atoms with Gasteiger partial charge in [0.15, 0.2) is 0 Å². The van der Waals surface area contributed by atoms with Crippen LogP contribution in [-0.4, -0.2) is 0 Å². The van der Waals surface area contributed by atoms with Crippen molar-refractivity contribution in [2.24, 2.45) is 0 Å². The van der Waals surface area contributed by atoms with E-state index in [-0.39, 0.29) is 0 Å². The zero-order chi connectivity index (χ0) is 11.0. The van der Waals surface area contributed by atoms with Gasteiger partial charge in [-0.3, -0.25) is 0 Å². The van der Waals surface area contributed by atoms with Crippen LogP contribution in [0.3, 0.4) is 0 Å². The highest BCUT2D eigenvalue weighted by molar-refractivity contribution is 6.08. The largest absolute Gasteiger partial charge is 0.192 e. The van der Waals surface area contributed by atoms with Crippen molar-refractivity contribution in [1.82, 2.24) is 0 Å². The Bertz CT molecular complexity index is 720. The van der Waals surface area contributed by atoms with Gasteiger partial charge in [-0.05, 0) is 22.2 Å². The predicted molar refractivity (Wildman–Crippen MR) is 66.2 cm³/mol. The van der Waals surface area contributed by atoms with Crippen LogP contribution in [-0.2, 0) is 0 Å². The number of fused-ring (bicyclic) bond motifs is 3. The number of nitriles is 1. The molecular formula is C15H9N. The van der Waals surface area contributed by atoms with Crippen molar-refractivity contribution < 1.29 is 0 Å². The Morgan fingerprint density at radius 2 is 1.50 bits per heavy atom. The fraction of sp³-hybridized carbons (Fsp3) is 0. The van der Waals surface area contributed by atoms with Crippen molar-refractivity contribution in [2.75, 3.05) is 0 Å². The van der Waals surface area contributed by atoms with Crippen LogP contribution >= 0.6 is 0 Å². The minimum Gasteiger partial charge on any atom is -0.192 e. The maximum atomic E-state index is 9.06. The third kappa shape index (κ3) is 1.17. The van der Waals surface area contributed by atoms with Crippen LogP contribution in [0.4, 0.5) is 0 Å². The van der Waals surface area contributed by atoms with Crippen LogP contribution in [0.5, 0.6) is 0 Å². The Morgan fingerprint density at radius 1 is 0.688 bits per heavy atom. The average Bonchev–Trinajstić information content (AvgIpc) is 2.37. The SMILES string of the molecule is N#Cc1cccc2c1ccc1ccccc12. The van der Waals surface area contributed by atoms with Gasteiger partial charge in [0, 0.05) is 5.39 Å². The summed E-state index contributed by atoms with van der Waals surface area (Å²) >= 11 is 0. The lowest BCUT2D eigenvalue weighted by Crippen LogP contribution is -1.81. The normalized spacial score (nSPS) is 10.4. The first-order valence-electron chi connectivity index (χ1n) is 5.21. The molecule has 0 spiro atoms. The Labute approximate surface area is 93.6 Å². The van der Waals surface area contributed by atoms with Gasteiger partial charge in [-0.25, -0.2) is 0 Å². The molecule has 3 rings (SSSR count). The Kier molecular flexibility index (Phi) is 1.88. The molecule has 0 aliphatic carbocycles. The van der Waals surface area contributed by atoms with E-state index in [9.17, 15) is 0 Å². The molecule has 0 heterocycles. The molecule has 0 atom stereocenters. The maximum absolute atomic E-state index is 9.06. The highest BCUT2D eigenvalue weighted by atomic mass is 14.2. The maximum Gasteiger partial charge on any atom is 0.0998 e. The summed E-state index contributed by atoms with van der Waals surface area (Å²) in [5.74, 6) is 0. The molecule has 0 amide bonds. The number of rotatable bonds is 0. The lowest BCUT2D eigenvalue weighted by Gasteiger charge is -2.04. The fourth-order valence-corrected chi connectivity index (χ4v) is 2.14. The summed E-state index contributed by atoms with van der Waals surface area (Å²) in [5, 5.41) is 13.7. The van der Waals surface area contributed by atoms with E-state index >= 15 is 0 Å². The molecule has 0 aliphatic heterocycles. The third-order valence-electron chi connectivity index (χ3n) is 2.91. The zero-order valence-electron chi connectivity index (χ0n) is 8.64. The molecule has 3 aromatic rings. The van der Waals surface area contributed by atoms with Crippen molar-refractivity contribution in [3.8, 4) is 6.07 Å². The lowest BCUT2D eigenvalue weighted by molar-refractivity contribution is 1.50. The summed E-state index contributed by atoms with van der Waals surface area (Å²) in [6.45, 7) is 0. The third-order valence-corrected chi connectivity index (χ3v) is 2.91. The molecule has 0 saturated carbocycles. The van der Waals surface area contributed by atoms with Crippen LogP contribution < -0.4 is 0 Å². The number of hydrogen-bond acceptors (Lipinski definition) is 1. The van der Waals surface area contributed by atoms with E-state index in [1.807, 2.05) is 30.3 Å². The Hall–Kier alpha value is -2.33. The van der Waals surface area contributed by atoms with Gasteiger partial charge in [0.05, 0.1) is 11.6 Å². The van der Waals surface area contributed by atoms with E-state index in [4.69, 9.17) is 5.26 Å². The van der Waals surface area contributed by atoms with Crippen molar-refractivity contribution in [2.45, 2.75) is 0 Å². The van der Waals surface area contributed by atoms with Crippen molar-refractivity contribution in [3.05, 3.63) is 60.2 Å². The molecule has 1 nitrogen and oxygen atoms in total. The molecule has 3 aromatic carbocycles. The van der Waals surface area contributed by atoms with Crippen LogP contribution in [0.15, 0.2) is 54.6 Å². The van der Waals surface area contributed by atoms with Gasteiger partial charge in [-0.15, -0.1) is 0 Å². The molecule has 1 heteroatoms. The molecule has 16 heavy (non-hydrogen) atoms. The van der Waals surface area contributed by atoms with Crippen LogP contribution in [0.2, 0.25) is 0 Å². The Morgan fingerprint density at radius 3 is 2.38 bits per heavy atom. The minimum absolute atomic E-state index is 0.739.